The number of hydrogen-bond donors (Lipinski definition) is 0. The SMILES string of the molecule is C1=CC(N(C=Cc2cccc3c2c2ccccc2n3C2=CCCC=C2)c2ccc(-c3cccc4c3c3ccccc3n4-c3ccccc3)cc2)C(c2ccccc2C2=CCCC=C2)C(c2ccccc2)=C1. The quantitative estimate of drug-likeness (QED) is 0.133. The zero-order valence-electron chi connectivity index (χ0n) is 39.7. The lowest BCUT2D eigenvalue weighted by atomic mass is 9.75. The molecule has 340 valence electrons. The first-order valence-corrected chi connectivity index (χ1v) is 25.2. The fraction of sp³-hybridized carbons (Fsp3) is 0.0882. The third-order valence-corrected chi connectivity index (χ3v) is 14.9. The van der Waals surface area contributed by atoms with Crippen LogP contribution in [0.4, 0.5) is 5.69 Å². The summed E-state index contributed by atoms with van der Waals surface area (Å²) in [6, 6.07) is 71.4. The van der Waals surface area contributed by atoms with Gasteiger partial charge in [-0.1, -0.05) is 194 Å². The molecule has 0 radical (unpaired) electrons. The lowest BCUT2D eigenvalue weighted by molar-refractivity contribution is 0.699. The van der Waals surface area contributed by atoms with Crippen LogP contribution in [-0.4, -0.2) is 15.2 Å². The molecule has 2 unspecified atom stereocenters. The van der Waals surface area contributed by atoms with E-state index in [1.165, 1.54) is 93.8 Å². The Morgan fingerprint density at radius 2 is 1.11 bits per heavy atom. The molecule has 3 aliphatic carbocycles. The second kappa shape index (κ2) is 18.3. The van der Waals surface area contributed by atoms with E-state index in [2.05, 4.69) is 275 Å². The number of hydrogen-bond acceptors (Lipinski definition) is 1. The summed E-state index contributed by atoms with van der Waals surface area (Å²) in [5, 5.41) is 5.03. The van der Waals surface area contributed by atoms with Crippen molar-refractivity contribution in [2.75, 3.05) is 4.90 Å². The van der Waals surface area contributed by atoms with Gasteiger partial charge in [0.15, 0.2) is 0 Å². The fourth-order valence-corrected chi connectivity index (χ4v) is 11.7. The summed E-state index contributed by atoms with van der Waals surface area (Å²) in [4.78, 5) is 2.54. The monoisotopic (exact) mass is 911 g/mol. The molecule has 2 heterocycles. The van der Waals surface area contributed by atoms with Crippen molar-refractivity contribution in [1.29, 1.82) is 0 Å². The summed E-state index contributed by atoms with van der Waals surface area (Å²) >= 11 is 0. The van der Waals surface area contributed by atoms with Gasteiger partial charge in [0.1, 0.15) is 0 Å². The number of anilines is 1. The third kappa shape index (κ3) is 7.53. The number of nitrogens with zero attached hydrogens (tertiary/aromatic N) is 3. The number of para-hydroxylation sites is 3. The van der Waals surface area contributed by atoms with Crippen LogP contribution < -0.4 is 4.90 Å². The maximum atomic E-state index is 2.54. The summed E-state index contributed by atoms with van der Waals surface area (Å²) in [6.07, 6.45) is 30.1. The van der Waals surface area contributed by atoms with E-state index >= 15 is 0 Å². The molecule has 0 saturated heterocycles. The zero-order chi connectivity index (χ0) is 47.1. The van der Waals surface area contributed by atoms with Gasteiger partial charge in [-0.15, -0.1) is 0 Å². The van der Waals surface area contributed by atoms with Crippen LogP contribution in [-0.2, 0) is 0 Å². The highest BCUT2D eigenvalue weighted by atomic mass is 15.1. The molecule has 0 N–H and O–H groups in total. The van der Waals surface area contributed by atoms with Crippen LogP contribution in [0.1, 0.15) is 53.9 Å². The molecule has 3 nitrogen and oxygen atoms in total. The van der Waals surface area contributed by atoms with E-state index in [0.29, 0.717) is 0 Å². The van der Waals surface area contributed by atoms with Crippen molar-refractivity contribution in [1.82, 2.24) is 9.13 Å². The third-order valence-electron chi connectivity index (χ3n) is 14.9. The van der Waals surface area contributed by atoms with E-state index in [-0.39, 0.29) is 12.0 Å². The van der Waals surface area contributed by atoms with Crippen molar-refractivity contribution in [3.05, 3.63) is 277 Å². The van der Waals surface area contributed by atoms with E-state index in [1.54, 1.807) is 0 Å². The van der Waals surface area contributed by atoms with Crippen molar-refractivity contribution in [3.63, 3.8) is 0 Å². The lowest BCUT2D eigenvalue weighted by Crippen LogP contribution is -2.36. The van der Waals surface area contributed by atoms with Gasteiger partial charge in [-0.3, -0.25) is 0 Å². The van der Waals surface area contributed by atoms with E-state index in [4.69, 9.17) is 0 Å². The number of allylic oxidation sites excluding steroid dienone is 10. The first kappa shape index (κ1) is 42.4. The Labute approximate surface area is 415 Å². The molecule has 71 heavy (non-hydrogen) atoms. The minimum Gasteiger partial charge on any atom is -0.340 e. The number of rotatable bonds is 10. The first-order valence-electron chi connectivity index (χ1n) is 25.2. The standard InChI is InChI=1S/C68H53N3/c1-5-22-48(23-6-1)55-31-13-14-32-58(55)67-56(49-24-7-2-8-25-49)35-20-39-63(67)69(47-46-51-26-19-40-64-66(51)59-33-15-17-37-61(59)70(64)53-27-9-3-10-28-53)52-44-42-50(43-45-52)57-36-21-41-65-68(57)60-34-16-18-38-62(60)71(65)54-29-11-4-12-30-54/h2,4-5,7-9,11-47,63,67H,1,3,6,10H2. The Kier molecular flexibility index (Phi) is 11.0. The second-order valence-electron chi connectivity index (χ2n) is 18.9. The van der Waals surface area contributed by atoms with Gasteiger partial charge in [-0.05, 0) is 131 Å². The average molecular weight is 912 g/mol. The molecule has 0 aliphatic heterocycles. The molecule has 2 atom stereocenters. The van der Waals surface area contributed by atoms with E-state index in [0.717, 1.165) is 37.1 Å². The molecular formula is C68H53N3. The Hall–Kier alpha value is -8.66. The molecule has 13 rings (SSSR count). The largest absolute Gasteiger partial charge is 0.340 e. The van der Waals surface area contributed by atoms with E-state index in [1.807, 2.05) is 0 Å². The maximum Gasteiger partial charge on any atom is 0.0629 e. The second-order valence-corrected chi connectivity index (χ2v) is 18.9. The highest BCUT2D eigenvalue weighted by Crippen LogP contribution is 2.46. The van der Waals surface area contributed by atoms with Crippen LogP contribution in [0.2, 0.25) is 0 Å². The topological polar surface area (TPSA) is 13.1 Å². The van der Waals surface area contributed by atoms with E-state index < -0.39 is 0 Å². The number of fused-ring (bicyclic) bond motifs is 6. The van der Waals surface area contributed by atoms with Crippen molar-refractivity contribution in [2.24, 2.45) is 0 Å². The minimum absolute atomic E-state index is 0.000233. The molecule has 0 saturated carbocycles. The Morgan fingerprint density at radius 3 is 1.87 bits per heavy atom. The molecule has 0 amide bonds. The van der Waals surface area contributed by atoms with Crippen LogP contribution in [0, 0.1) is 0 Å². The van der Waals surface area contributed by atoms with Gasteiger partial charge >= 0.3 is 0 Å². The molecule has 0 spiro atoms. The summed E-state index contributed by atoms with van der Waals surface area (Å²) in [7, 11) is 0. The average Bonchev–Trinajstić information content (AvgIpc) is 3.98. The smallest absolute Gasteiger partial charge is 0.0629 e. The maximum absolute atomic E-state index is 2.54. The summed E-state index contributed by atoms with van der Waals surface area (Å²) in [5.74, 6) is -0.000233. The predicted octanol–water partition coefficient (Wildman–Crippen LogP) is 17.8. The van der Waals surface area contributed by atoms with Crippen molar-refractivity contribution in [2.45, 2.75) is 37.6 Å². The van der Waals surface area contributed by atoms with Crippen LogP contribution in [0.5, 0.6) is 0 Å². The minimum atomic E-state index is -0.0722. The number of benzene rings is 8. The zero-order valence-corrected chi connectivity index (χ0v) is 39.7. The molecule has 0 bridgehead atoms. The summed E-state index contributed by atoms with van der Waals surface area (Å²) in [5.41, 5.74) is 18.4. The van der Waals surface area contributed by atoms with Gasteiger partial charge in [0, 0.05) is 50.7 Å². The molecular weight excluding hydrogens is 859 g/mol. The molecule has 3 aliphatic rings. The van der Waals surface area contributed by atoms with E-state index in [9.17, 15) is 0 Å². The van der Waals surface area contributed by atoms with Crippen LogP contribution in [0.15, 0.2) is 255 Å². The molecule has 3 heteroatoms. The van der Waals surface area contributed by atoms with Crippen molar-refractivity contribution < 1.29 is 0 Å². The number of aromatic nitrogens is 2. The van der Waals surface area contributed by atoms with Gasteiger partial charge in [0.2, 0.25) is 0 Å². The molecule has 10 aromatic rings. The fourth-order valence-electron chi connectivity index (χ4n) is 11.7. The Balaban J connectivity index is 0.995. The van der Waals surface area contributed by atoms with Gasteiger partial charge in [-0.25, -0.2) is 0 Å². The van der Waals surface area contributed by atoms with Crippen LogP contribution in [0.3, 0.4) is 0 Å². The van der Waals surface area contributed by atoms with Gasteiger partial charge in [0.25, 0.3) is 0 Å². The Morgan fingerprint density at radius 1 is 0.479 bits per heavy atom. The summed E-state index contributed by atoms with van der Waals surface area (Å²) in [6.45, 7) is 0. The Bertz CT molecular complexity index is 3870. The molecule has 8 aromatic carbocycles. The van der Waals surface area contributed by atoms with Crippen molar-refractivity contribution >= 4 is 72.2 Å². The normalized spacial score (nSPS) is 16.8. The van der Waals surface area contributed by atoms with Crippen LogP contribution >= 0.6 is 0 Å². The highest BCUT2D eigenvalue weighted by Gasteiger charge is 2.34. The van der Waals surface area contributed by atoms with Crippen molar-refractivity contribution in [3.8, 4) is 16.8 Å². The van der Waals surface area contributed by atoms with Crippen LogP contribution in [0.25, 0.3) is 83.3 Å². The summed E-state index contributed by atoms with van der Waals surface area (Å²) < 4.78 is 4.86. The lowest BCUT2D eigenvalue weighted by Gasteiger charge is -2.39. The molecule has 0 fully saturated rings. The van der Waals surface area contributed by atoms with Gasteiger partial charge in [0.05, 0.1) is 28.1 Å². The predicted molar refractivity (Wildman–Crippen MR) is 303 cm³/mol. The van der Waals surface area contributed by atoms with Gasteiger partial charge < -0.3 is 14.0 Å². The first-order chi connectivity index (χ1) is 35.3. The highest BCUT2D eigenvalue weighted by molar-refractivity contribution is 6.16. The van der Waals surface area contributed by atoms with Gasteiger partial charge in [-0.2, -0.15) is 0 Å². The molecule has 2 aromatic heterocycles.